The van der Waals surface area contributed by atoms with Crippen LogP contribution < -0.4 is 0 Å². The zero-order valence-electron chi connectivity index (χ0n) is 24.9. The fourth-order valence-electron chi connectivity index (χ4n) is 5.49. The summed E-state index contributed by atoms with van der Waals surface area (Å²) in [6, 6.07) is 0. The molecule has 0 amide bonds. The van der Waals surface area contributed by atoms with Crippen molar-refractivity contribution in [3.63, 3.8) is 0 Å². The van der Waals surface area contributed by atoms with E-state index in [0.717, 1.165) is 51.4 Å². The Balaban J connectivity index is 2.26. The second-order valence-corrected chi connectivity index (χ2v) is 12.8. The van der Waals surface area contributed by atoms with Crippen LogP contribution >= 0.6 is 0 Å². The van der Waals surface area contributed by atoms with Crippen molar-refractivity contribution in [3.05, 3.63) is 22.7 Å². The molecule has 0 spiro atoms. The van der Waals surface area contributed by atoms with Gasteiger partial charge in [0.15, 0.2) is 11.6 Å². The fraction of sp³-hybridized carbons (Fsp3) is 0.750. The molecule has 2 rings (SSSR count). The summed E-state index contributed by atoms with van der Waals surface area (Å²) in [4.78, 5) is 35.6. The Morgan fingerprint density at radius 1 is 0.632 bits per heavy atom. The van der Waals surface area contributed by atoms with Gasteiger partial charge < -0.3 is 10.2 Å². The highest BCUT2D eigenvalue weighted by Gasteiger charge is 2.37. The van der Waals surface area contributed by atoms with E-state index in [4.69, 9.17) is 9.98 Å². The summed E-state index contributed by atoms with van der Waals surface area (Å²) >= 11 is 0. The monoisotopic (exact) mass is 528 g/mol. The third kappa shape index (κ3) is 9.81. The van der Waals surface area contributed by atoms with Crippen molar-refractivity contribution in [2.45, 2.75) is 131 Å². The van der Waals surface area contributed by atoms with Crippen LogP contribution in [0.2, 0.25) is 0 Å². The first-order valence-electron chi connectivity index (χ1n) is 14.9. The van der Waals surface area contributed by atoms with E-state index in [1.807, 2.05) is 0 Å². The highest BCUT2D eigenvalue weighted by atomic mass is 16.3. The number of aliphatic hydroxyl groups is 2. The summed E-state index contributed by atoms with van der Waals surface area (Å²) in [6.07, 6.45) is 10.9. The lowest BCUT2D eigenvalue weighted by atomic mass is 9.72. The predicted octanol–water partition coefficient (Wildman–Crippen LogP) is 8.21. The molecule has 38 heavy (non-hydrogen) atoms. The predicted molar refractivity (Wildman–Crippen MR) is 157 cm³/mol. The van der Waals surface area contributed by atoms with Gasteiger partial charge in [-0.3, -0.25) is 19.6 Å². The zero-order chi connectivity index (χ0) is 28.3. The van der Waals surface area contributed by atoms with E-state index < -0.39 is 0 Å². The van der Waals surface area contributed by atoms with Gasteiger partial charge in [0.05, 0.1) is 11.1 Å². The summed E-state index contributed by atoms with van der Waals surface area (Å²) < 4.78 is 0. The Labute approximate surface area is 230 Å². The normalized spacial score (nSPS) is 24.3. The van der Waals surface area contributed by atoms with Crippen molar-refractivity contribution in [1.82, 2.24) is 0 Å². The van der Waals surface area contributed by atoms with Gasteiger partial charge in [-0.2, -0.15) is 0 Å². The first kappa shape index (κ1) is 32.0. The quantitative estimate of drug-likeness (QED) is 0.143. The third-order valence-corrected chi connectivity index (χ3v) is 7.51. The standard InChI is InChI=1S/C32H52N2O4/c1-7-9-11-13-17-33-23-19-31(3,4)21-27(37)29(23)25(35)15-16-26(36)30-24(34-18-14-12-10-8-2)20-32(5,6)22-28(30)38/h35-36H,7-22H2,1-6H3/b29-25+,30-26+,33-23?,34-24?. The lowest BCUT2D eigenvalue weighted by Crippen LogP contribution is -2.33. The highest BCUT2D eigenvalue weighted by molar-refractivity contribution is 6.25. The molecule has 6 nitrogen and oxygen atoms in total. The average molecular weight is 529 g/mol. The number of unbranched alkanes of at least 4 members (excludes halogenated alkanes) is 6. The molecule has 0 unspecified atom stereocenters. The molecule has 0 heterocycles. The molecule has 0 radical (unpaired) electrons. The molecule has 2 saturated carbocycles. The van der Waals surface area contributed by atoms with Gasteiger partial charge in [0.25, 0.3) is 0 Å². The molecular formula is C32H52N2O4. The number of carbonyl (C=O) groups excluding carboxylic acids is 2. The number of nitrogens with zero attached hydrogens (tertiary/aromatic N) is 2. The van der Waals surface area contributed by atoms with E-state index in [0.29, 0.717) is 61.3 Å². The van der Waals surface area contributed by atoms with Crippen molar-refractivity contribution in [1.29, 1.82) is 0 Å². The molecule has 0 atom stereocenters. The van der Waals surface area contributed by atoms with Gasteiger partial charge in [-0.05, 0) is 36.5 Å². The molecule has 0 bridgehead atoms. The summed E-state index contributed by atoms with van der Waals surface area (Å²) in [7, 11) is 0. The molecule has 0 aliphatic heterocycles. The highest BCUT2D eigenvalue weighted by Crippen LogP contribution is 2.38. The minimum absolute atomic E-state index is 0.0356. The fourth-order valence-corrected chi connectivity index (χ4v) is 5.49. The van der Waals surface area contributed by atoms with Gasteiger partial charge in [-0.1, -0.05) is 80.1 Å². The van der Waals surface area contributed by atoms with E-state index in [2.05, 4.69) is 41.5 Å². The second kappa shape index (κ2) is 14.8. The van der Waals surface area contributed by atoms with Crippen LogP contribution in [0.15, 0.2) is 32.6 Å². The molecule has 0 aromatic rings. The first-order chi connectivity index (χ1) is 17.9. The Kier molecular flexibility index (Phi) is 12.4. The van der Waals surface area contributed by atoms with Gasteiger partial charge in [-0.15, -0.1) is 0 Å². The largest absolute Gasteiger partial charge is 0.511 e. The first-order valence-corrected chi connectivity index (χ1v) is 14.9. The van der Waals surface area contributed by atoms with Gasteiger partial charge in [0, 0.05) is 50.2 Å². The number of rotatable bonds is 13. The van der Waals surface area contributed by atoms with Crippen molar-refractivity contribution in [2.24, 2.45) is 20.8 Å². The maximum absolute atomic E-state index is 13.1. The van der Waals surface area contributed by atoms with Crippen molar-refractivity contribution < 1.29 is 19.8 Å². The number of ketones is 2. The number of allylic oxidation sites excluding steroid dienone is 4. The van der Waals surface area contributed by atoms with Crippen LogP contribution in [-0.2, 0) is 9.59 Å². The van der Waals surface area contributed by atoms with E-state index in [-0.39, 0.29) is 46.8 Å². The Hall–Kier alpha value is -2.24. The summed E-state index contributed by atoms with van der Waals surface area (Å²) in [5, 5.41) is 22.1. The van der Waals surface area contributed by atoms with Crippen LogP contribution in [-0.4, -0.2) is 46.3 Å². The van der Waals surface area contributed by atoms with Crippen molar-refractivity contribution in [2.75, 3.05) is 13.1 Å². The van der Waals surface area contributed by atoms with Crippen LogP contribution in [0, 0.1) is 10.8 Å². The molecule has 2 fully saturated rings. The number of hydrogen-bond donors (Lipinski definition) is 2. The number of aliphatic hydroxyl groups excluding tert-OH is 2. The Morgan fingerprint density at radius 3 is 1.34 bits per heavy atom. The lowest BCUT2D eigenvalue weighted by Gasteiger charge is -2.32. The van der Waals surface area contributed by atoms with Crippen LogP contribution in [0.25, 0.3) is 0 Å². The Morgan fingerprint density at radius 2 is 1.00 bits per heavy atom. The van der Waals surface area contributed by atoms with Gasteiger partial charge in [0.2, 0.25) is 0 Å². The molecule has 2 aliphatic carbocycles. The van der Waals surface area contributed by atoms with E-state index in [1.54, 1.807) is 0 Å². The number of hydrogen-bond acceptors (Lipinski definition) is 6. The van der Waals surface area contributed by atoms with Crippen LogP contribution in [0.1, 0.15) is 131 Å². The summed E-state index contributed by atoms with van der Waals surface area (Å²) in [5.41, 5.74) is 1.60. The summed E-state index contributed by atoms with van der Waals surface area (Å²) in [6.45, 7) is 13.9. The minimum atomic E-state index is -0.197. The maximum Gasteiger partial charge on any atom is 0.168 e. The van der Waals surface area contributed by atoms with Crippen LogP contribution in [0.4, 0.5) is 0 Å². The minimum Gasteiger partial charge on any atom is -0.511 e. The average Bonchev–Trinajstić information content (AvgIpc) is 2.80. The van der Waals surface area contributed by atoms with Gasteiger partial charge >= 0.3 is 0 Å². The van der Waals surface area contributed by atoms with E-state index in [9.17, 15) is 19.8 Å². The molecule has 0 aromatic carbocycles. The SMILES string of the molecule is CCCCCCN=C1CC(C)(C)CC(=O)/C1=C(/O)CC/C(O)=C1\C(=O)CC(C)(C)CC1=NCCCCCC. The number of carbonyl (C=O) groups is 2. The Bertz CT molecular complexity index is 888. The van der Waals surface area contributed by atoms with E-state index >= 15 is 0 Å². The van der Waals surface area contributed by atoms with Crippen molar-refractivity contribution >= 4 is 23.0 Å². The van der Waals surface area contributed by atoms with Crippen LogP contribution in [0.5, 0.6) is 0 Å². The smallest absolute Gasteiger partial charge is 0.168 e. The van der Waals surface area contributed by atoms with Crippen LogP contribution in [0.3, 0.4) is 0 Å². The summed E-state index contributed by atoms with van der Waals surface area (Å²) in [5.74, 6) is -0.260. The molecule has 214 valence electrons. The van der Waals surface area contributed by atoms with Gasteiger partial charge in [0.1, 0.15) is 11.5 Å². The molecule has 2 aliphatic rings. The van der Waals surface area contributed by atoms with E-state index in [1.165, 1.54) is 0 Å². The lowest BCUT2D eigenvalue weighted by molar-refractivity contribution is -0.118. The second-order valence-electron chi connectivity index (χ2n) is 12.8. The molecule has 0 saturated heterocycles. The number of Topliss-reactive ketones (excluding diaryl/α,β-unsaturated/α-hetero) is 2. The zero-order valence-corrected chi connectivity index (χ0v) is 24.9. The number of aliphatic imine (C=N–C) groups is 2. The van der Waals surface area contributed by atoms with Gasteiger partial charge in [-0.25, -0.2) is 0 Å². The molecule has 2 N–H and O–H groups in total. The molecule has 6 heteroatoms. The molecular weight excluding hydrogens is 476 g/mol. The topological polar surface area (TPSA) is 99.3 Å². The third-order valence-electron chi connectivity index (χ3n) is 7.51. The molecule has 0 aromatic heterocycles. The van der Waals surface area contributed by atoms with Crippen molar-refractivity contribution in [3.8, 4) is 0 Å². The maximum atomic E-state index is 13.1.